The minimum Gasteiger partial charge on any atom is -0.493 e. The number of primary amides is 1. The standard InChI is InChI=1S/C11H15N3O3/c1-3-17-9-5-4-8(6-10(9)16-2)7-13-14-11(12)15/h4-7H,3H2,1-2H3,(H3,12,14,15). The quantitative estimate of drug-likeness (QED) is 0.593. The van der Waals surface area contributed by atoms with Crippen molar-refractivity contribution in [3.05, 3.63) is 23.8 Å². The number of ether oxygens (including phenoxy) is 2. The van der Waals surface area contributed by atoms with E-state index in [1.807, 2.05) is 6.92 Å². The van der Waals surface area contributed by atoms with Crippen molar-refractivity contribution in [3.63, 3.8) is 0 Å². The highest BCUT2D eigenvalue weighted by atomic mass is 16.5. The second-order valence-corrected chi connectivity index (χ2v) is 3.08. The molecule has 0 saturated heterocycles. The summed E-state index contributed by atoms with van der Waals surface area (Å²) in [7, 11) is 1.56. The summed E-state index contributed by atoms with van der Waals surface area (Å²) in [5, 5.41) is 3.65. The molecule has 0 atom stereocenters. The molecular formula is C11H15N3O3. The van der Waals surface area contributed by atoms with E-state index in [0.29, 0.717) is 18.1 Å². The lowest BCUT2D eigenvalue weighted by Crippen LogP contribution is -2.24. The molecule has 0 unspecified atom stereocenters. The molecule has 0 bridgehead atoms. The molecule has 0 aliphatic rings. The van der Waals surface area contributed by atoms with Crippen LogP contribution in [0.1, 0.15) is 12.5 Å². The van der Waals surface area contributed by atoms with Gasteiger partial charge in [0.1, 0.15) is 0 Å². The van der Waals surface area contributed by atoms with E-state index in [9.17, 15) is 4.79 Å². The zero-order valence-electron chi connectivity index (χ0n) is 9.77. The number of nitrogens with one attached hydrogen (secondary N) is 1. The summed E-state index contributed by atoms with van der Waals surface area (Å²) in [6, 6.07) is 4.60. The van der Waals surface area contributed by atoms with Crippen LogP contribution in [0.5, 0.6) is 11.5 Å². The zero-order chi connectivity index (χ0) is 12.7. The first-order valence-corrected chi connectivity index (χ1v) is 5.06. The first kappa shape index (κ1) is 12.8. The van der Waals surface area contributed by atoms with Gasteiger partial charge in [-0.2, -0.15) is 5.10 Å². The largest absolute Gasteiger partial charge is 0.493 e. The third-order valence-electron chi connectivity index (χ3n) is 1.88. The summed E-state index contributed by atoms with van der Waals surface area (Å²) in [5.74, 6) is 1.27. The first-order valence-electron chi connectivity index (χ1n) is 5.06. The predicted molar refractivity (Wildman–Crippen MR) is 64.5 cm³/mol. The summed E-state index contributed by atoms with van der Waals surface area (Å²) in [6.45, 7) is 2.46. The third-order valence-corrected chi connectivity index (χ3v) is 1.88. The number of rotatable bonds is 5. The van der Waals surface area contributed by atoms with Crippen molar-refractivity contribution in [3.8, 4) is 11.5 Å². The summed E-state index contributed by atoms with van der Waals surface area (Å²) >= 11 is 0. The molecule has 17 heavy (non-hydrogen) atoms. The number of hydrogen-bond donors (Lipinski definition) is 2. The highest BCUT2D eigenvalue weighted by Gasteiger charge is 2.03. The molecule has 6 heteroatoms. The van der Waals surface area contributed by atoms with E-state index in [4.69, 9.17) is 15.2 Å². The fraction of sp³-hybridized carbons (Fsp3) is 0.273. The molecular weight excluding hydrogens is 222 g/mol. The molecule has 1 aromatic rings. The van der Waals surface area contributed by atoms with E-state index < -0.39 is 6.03 Å². The van der Waals surface area contributed by atoms with E-state index in [-0.39, 0.29) is 0 Å². The van der Waals surface area contributed by atoms with Crippen LogP contribution in [-0.4, -0.2) is 26.0 Å². The summed E-state index contributed by atoms with van der Waals surface area (Å²) in [6.07, 6.45) is 1.46. The van der Waals surface area contributed by atoms with Crippen molar-refractivity contribution in [1.82, 2.24) is 5.43 Å². The van der Waals surface area contributed by atoms with Crippen molar-refractivity contribution in [2.75, 3.05) is 13.7 Å². The molecule has 0 saturated carbocycles. The zero-order valence-corrected chi connectivity index (χ0v) is 9.77. The van der Waals surface area contributed by atoms with Crippen LogP contribution in [0.25, 0.3) is 0 Å². The van der Waals surface area contributed by atoms with Crippen molar-refractivity contribution in [2.45, 2.75) is 6.92 Å². The molecule has 0 aromatic heterocycles. The van der Waals surface area contributed by atoms with Gasteiger partial charge >= 0.3 is 6.03 Å². The van der Waals surface area contributed by atoms with E-state index in [2.05, 4.69) is 10.5 Å². The molecule has 1 aromatic carbocycles. The van der Waals surface area contributed by atoms with Crippen LogP contribution < -0.4 is 20.6 Å². The molecule has 0 radical (unpaired) electrons. The van der Waals surface area contributed by atoms with Gasteiger partial charge < -0.3 is 15.2 Å². The summed E-state index contributed by atoms with van der Waals surface area (Å²) in [5.41, 5.74) is 7.74. The van der Waals surface area contributed by atoms with Crippen LogP contribution in [0.15, 0.2) is 23.3 Å². The van der Waals surface area contributed by atoms with Crippen LogP contribution in [0.2, 0.25) is 0 Å². The van der Waals surface area contributed by atoms with Gasteiger partial charge in [0.15, 0.2) is 11.5 Å². The minimum absolute atomic E-state index is 0.563. The second-order valence-electron chi connectivity index (χ2n) is 3.08. The monoisotopic (exact) mass is 237 g/mol. The van der Waals surface area contributed by atoms with Gasteiger partial charge in [0.25, 0.3) is 0 Å². The maximum absolute atomic E-state index is 10.4. The molecule has 0 spiro atoms. The normalized spacial score (nSPS) is 10.2. The van der Waals surface area contributed by atoms with Crippen molar-refractivity contribution in [2.24, 2.45) is 10.8 Å². The molecule has 0 aliphatic carbocycles. The number of urea groups is 1. The molecule has 3 N–H and O–H groups in total. The van der Waals surface area contributed by atoms with Gasteiger partial charge in [-0.05, 0) is 30.7 Å². The first-order chi connectivity index (χ1) is 8.17. The number of amides is 2. The lowest BCUT2D eigenvalue weighted by atomic mass is 10.2. The third kappa shape index (κ3) is 4.02. The predicted octanol–water partition coefficient (Wildman–Crippen LogP) is 1.10. The van der Waals surface area contributed by atoms with Crippen LogP contribution in [0, 0.1) is 0 Å². The molecule has 92 valence electrons. The maximum Gasteiger partial charge on any atom is 0.332 e. The van der Waals surface area contributed by atoms with E-state index >= 15 is 0 Å². The van der Waals surface area contributed by atoms with Gasteiger partial charge in [0.2, 0.25) is 0 Å². The number of methoxy groups -OCH3 is 1. The van der Waals surface area contributed by atoms with E-state index in [0.717, 1.165) is 5.56 Å². The molecule has 0 aliphatic heterocycles. The molecule has 0 heterocycles. The number of carbonyl (C=O) groups is 1. The lowest BCUT2D eigenvalue weighted by Gasteiger charge is -2.09. The van der Waals surface area contributed by atoms with Crippen molar-refractivity contribution >= 4 is 12.2 Å². The Labute approximate surface area is 99.4 Å². The maximum atomic E-state index is 10.4. The number of nitrogens with zero attached hydrogens (tertiary/aromatic N) is 1. The Morgan fingerprint density at radius 3 is 2.88 bits per heavy atom. The van der Waals surface area contributed by atoms with Gasteiger partial charge in [-0.15, -0.1) is 0 Å². The topological polar surface area (TPSA) is 85.9 Å². The Bertz CT molecular complexity index is 418. The lowest BCUT2D eigenvalue weighted by molar-refractivity contribution is 0.249. The number of carbonyl (C=O) groups excluding carboxylic acids is 1. The van der Waals surface area contributed by atoms with Crippen LogP contribution in [-0.2, 0) is 0 Å². The Kier molecular flexibility index (Phi) is 4.80. The van der Waals surface area contributed by atoms with Crippen molar-refractivity contribution < 1.29 is 14.3 Å². The Morgan fingerprint density at radius 2 is 2.29 bits per heavy atom. The number of hydrogen-bond acceptors (Lipinski definition) is 4. The van der Waals surface area contributed by atoms with E-state index in [1.165, 1.54) is 6.21 Å². The Balaban J connectivity index is 2.81. The molecule has 6 nitrogen and oxygen atoms in total. The van der Waals surface area contributed by atoms with Gasteiger partial charge in [0, 0.05) is 0 Å². The fourth-order valence-electron chi connectivity index (χ4n) is 1.21. The highest BCUT2D eigenvalue weighted by molar-refractivity contribution is 5.82. The van der Waals surface area contributed by atoms with Gasteiger partial charge in [-0.1, -0.05) is 0 Å². The van der Waals surface area contributed by atoms with Gasteiger partial charge in [-0.3, -0.25) is 0 Å². The smallest absolute Gasteiger partial charge is 0.332 e. The average molecular weight is 237 g/mol. The van der Waals surface area contributed by atoms with Gasteiger partial charge in [-0.25, -0.2) is 10.2 Å². The summed E-state index contributed by atoms with van der Waals surface area (Å²) < 4.78 is 10.5. The molecule has 2 amide bonds. The summed E-state index contributed by atoms with van der Waals surface area (Å²) in [4.78, 5) is 10.4. The van der Waals surface area contributed by atoms with Gasteiger partial charge in [0.05, 0.1) is 19.9 Å². The Morgan fingerprint density at radius 1 is 1.53 bits per heavy atom. The number of nitrogens with two attached hydrogens (primary N) is 1. The van der Waals surface area contributed by atoms with Crippen LogP contribution >= 0.6 is 0 Å². The average Bonchev–Trinajstić information content (AvgIpc) is 2.30. The van der Waals surface area contributed by atoms with Crippen LogP contribution in [0.4, 0.5) is 4.79 Å². The Hall–Kier alpha value is -2.24. The fourth-order valence-corrected chi connectivity index (χ4v) is 1.21. The highest BCUT2D eigenvalue weighted by Crippen LogP contribution is 2.27. The number of hydrazone groups is 1. The number of benzene rings is 1. The molecule has 1 rings (SSSR count). The SMILES string of the molecule is CCOc1ccc(C=NNC(N)=O)cc1OC. The van der Waals surface area contributed by atoms with E-state index in [1.54, 1.807) is 25.3 Å². The molecule has 0 fully saturated rings. The van der Waals surface area contributed by atoms with Crippen molar-refractivity contribution in [1.29, 1.82) is 0 Å². The minimum atomic E-state index is -0.709. The second kappa shape index (κ2) is 6.37. The van der Waals surface area contributed by atoms with Crippen LogP contribution in [0.3, 0.4) is 0 Å².